The maximum Gasteiger partial charge on any atom is 0.416 e. The van der Waals surface area contributed by atoms with E-state index in [1.165, 1.54) is 23.3 Å². The minimum absolute atomic E-state index is 0.00874. The Morgan fingerprint density at radius 2 is 2.11 bits per heavy atom. The molecule has 0 fully saturated rings. The number of nitrogens with two attached hydrogens (primary N) is 1. The molecule has 0 saturated carbocycles. The van der Waals surface area contributed by atoms with Crippen LogP contribution in [0.15, 0.2) is 39.8 Å². The molecule has 1 aromatic carbocycles. The predicted octanol–water partition coefficient (Wildman–Crippen LogP) is 4.45. The number of aromatic nitrogens is 3. The molecule has 0 aliphatic carbocycles. The van der Waals surface area contributed by atoms with Crippen LogP contribution in [0.2, 0.25) is 0 Å². The summed E-state index contributed by atoms with van der Waals surface area (Å²) in [7, 11) is 1.62. The molecule has 3 rings (SSSR count). The second kappa shape index (κ2) is 7.80. The van der Waals surface area contributed by atoms with Crippen LogP contribution < -0.4 is 5.73 Å². The number of alkyl halides is 3. The first-order valence-electron chi connectivity index (χ1n) is 7.58. The van der Waals surface area contributed by atoms with E-state index in [9.17, 15) is 22.4 Å². The molecule has 2 aromatic heterocycles. The third kappa shape index (κ3) is 4.62. The van der Waals surface area contributed by atoms with E-state index in [0.717, 1.165) is 29.2 Å². The predicted molar refractivity (Wildman–Crippen MR) is 94.2 cm³/mol. The number of amides is 1. The summed E-state index contributed by atoms with van der Waals surface area (Å²) in [5.74, 6) is -1.01. The van der Waals surface area contributed by atoms with Crippen molar-refractivity contribution < 1.29 is 27.1 Å². The number of rotatable bonds is 5. The molecule has 2 heterocycles. The topological polar surface area (TPSA) is 83.0 Å². The number of benzene rings is 1. The van der Waals surface area contributed by atoms with Crippen molar-refractivity contribution in [1.29, 1.82) is 0 Å². The zero-order chi connectivity index (χ0) is 20.5. The van der Waals surface area contributed by atoms with E-state index in [1.54, 1.807) is 7.05 Å². The second-order valence-corrected chi connectivity index (χ2v) is 7.97. The molecule has 28 heavy (non-hydrogen) atoms. The molecular weight excluding hydrogens is 420 g/mol. The summed E-state index contributed by atoms with van der Waals surface area (Å²) < 4.78 is 60.6. The number of ether oxygens (including phenoxy) is 1. The van der Waals surface area contributed by atoms with Crippen molar-refractivity contribution in [3.05, 3.63) is 47.1 Å². The van der Waals surface area contributed by atoms with Crippen LogP contribution >= 0.6 is 23.1 Å². The van der Waals surface area contributed by atoms with Gasteiger partial charge in [-0.05, 0) is 12.1 Å². The van der Waals surface area contributed by atoms with Gasteiger partial charge in [0.15, 0.2) is 0 Å². The van der Waals surface area contributed by atoms with Crippen molar-refractivity contribution in [2.24, 2.45) is 12.8 Å². The lowest BCUT2D eigenvalue weighted by Gasteiger charge is -2.13. The third-order valence-electron chi connectivity index (χ3n) is 3.46. The highest BCUT2D eigenvalue weighted by Crippen LogP contribution is 2.43. The second-order valence-electron chi connectivity index (χ2n) is 5.51. The van der Waals surface area contributed by atoms with Gasteiger partial charge in [-0.15, -0.1) is 11.3 Å². The lowest BCUT2D eigenvalue weighted by molar-refractivity contribution is -0.137. The number of thiazole rings is 1. The van der Waals surface area contributed by atoms with Crippen LogP contribution in [0.4, 0.5) is 22.4 Å². The zero-order valence-corrected chi connectivity index (χ0v) is 15.8. The number of carbonyl (C=O) groups excluding carboxylic acids is 1. The Kier molecular flexibility index (Phi) is 5.61. The number of primary amides is 1. The van der Waals surface area contributed by atoms with Gasteiger partial charge in [-0.1, -0.05) is 11.8 Å². The monoisotopic (exact) mass is 432 g/mol. The summed E-state index contributed by atoms with van der Waals surface area (Å²) >= 11 is 2.02. The van der Waals surface area contributed by atoms with Crippen LogP contribution in [-0.2, 0) is 24.6 Å². The number of halogens is 4. The molecule has 148 valence electrons. The van der Waals surface area contributed by atoms with Crippen molar-refractivity contribution in [1.82, 2.24) is 14.8 Å². The van der Waals surface area contributed by atoms with Crippen molar-refractivity contribution in [2.45, 2.75) is 21.9 Å². The average Bonchev–Trinajstić information content (AvgIpc) is 3.21. The fourth-order valence-electron chi connectivity index (χ4n) is 2.30. The lowest BCUT2D eigenvalue weighted by Crippen LogP contribution is -2.12. The Balaban J connectivity index is 2.00. The number of nitrogens with zero attached hydrogens (tertiary/aromatic N) is 3. The van der Waals surface area contributed by atoms with Crippen LogP contribution in [0.25, 0.3) is 11.1 Å². The van der Waals surface area contributed by atoms with E-state index in [2.05, 4.69) is 14.8 Å². The van der Waals surface area contributed by atoms with Crippen molar-refractivity contribution in [3.63, 3.8) is 0 Å². The van der Waals surface area contributed by atoms with Crippen molar-refractivity contribution in [2.75, 3.05) is 0 Å². The largest absolute Gasteiger partial charge is 0.442 e. The van der Waals surface area contributed by atoms with Gasteiger partial charge < -0.3 is 10.5 Å². The minimum Gasteiger partial charge on any atom is -0.442 e. The smallest absolute Gasteiger partial charge is 0.416 e. The average molecular weight is 432 g/mol. The van der Waals surface area contributed by atoms with Gasteiger partial charge in [-0.25, -0.2) is 14.2 Å². The molecule has 0 radical (unpaired) electrons. The van der Waals surface area contributed by atoms with E-state index in [1.807, 2.05) is 0 Å². The molecule has 0 unspecified atom stereocenters. The van der Waals surface area contributed by atoms with E-state index in [-0.39, 0.29) is 17.1 Å². The fourth-order valence-corrected chi connectivity index (χ4v) is 4.42. The molecule has 0 aliphatic heterocycles. The van der Waals surface area contributed by atoms with E-state index < -0.39 is 23.7 Å². The minimum atomic E-state index is -4.70. The van der Waals surface area contributed by atoms with Gasteiger partial charge in [-0.3, -0.25) is 4.68 Å². The molecular formula is C16H12F4N4O2S2. The summed E-state index contributed by atoms with van der Waals surface area (Å²) in [5, 5.41) is 4.35. The molecule has 1 amide bonds. The first kappa shape index (κ1) is 20.1. The number of hydrogen-bond donors (Lipinski definition) is 1. The van der Waals surface area contributed by atoms with Crippen molar-refractivity contribution in [3.8, 4) is 11.1 Å². The highest BCUT2D eigenvalue weighted by Gasteiger charge is 2.33. The first-order chi connectivity index (χ1) is 13.1. The summed E-state index contributed by atoms with van der Waals surface area (Å²) in [6.07, 6.45) is -1.38. The van der Waals surface area contributed by atoms with Crippen LogP contribution in [0.1, 0.15) is 10.6 Å². The SMILES string of the molecule is Cn1cc(-c2c(F)cc(C(F)(F)F)cc2Sc2cnc(COC(N)=O)s2)cn1. The van der Waals surface area contributed by atoms with E-state index in [0.29, 0.717) is 20.8 Å². The maximum atomic E-state index is 14.6. The van der Waals surface area contributed by atoms with Crippen LogP contribution in [0.5, 0.6) is 0 Å². The van der Waals surface area contributed by atoms with Gasteiger partial charge in [0.25, 0.3) is 0 Å². The number of carbonyl (C=O) groups is 1. The highest BCUT2D eigenvalue weighted by molar-refractivity contribution is 8.01. The normalized spacial score (nSPS) is 11.6. The van der Waals surface area contributed by atoms with E-state index in [4.69, 9.17) is 5.73 Å². The molecule has 0 atom stereocenters. The molecule has 0 spiro atoms. The first-order valence-corrected chi connectivity index (χ1v) is 9.21. The number of aryl methyl sites for hydroxylation is 1. The van der Waals surface area contributed by atoms with Crippen LogP contribution in [0.3, 0.4) is 0 Å². The molecule has 2 N–H and O–H groups in total. The highest BCUT2D eigenvalue weighted by atomic mass is 32.2. The number of hydrogen-bond acceptors (Lipinski definition) is 6. The summed E-state index contributed by atoms with van der Waals surface area (Å²) in [4.78, 5) is 14.7. The van der Waals surface area contributed by atoms with Crippen LogP contribution in [0, 0.1) is 5.82 Å². The van der Waals surface area contributed by atoms with E-state index >= 15 is 0 Å². The summed E-state index contributed by atoms with van der Waals surface area (Å²) in [6.45, 7) is -0.160. The fraction of sp³-hybridized carbons (Fsp3) is 0.188. The van der Waals surface area contributed by atoms with Crippen molar-refractivity contribution >= 4 is 29.2 Å². The molecule has 12 heteroatoms. The van der Waals surface area contributed by atoms with Gasteiger partial charge in [-0.2, -0.15) is 18.3 Å². The Bertz CT molecular complexity index is 1020. The Morgan fingerprint density at radius 3 is 2.71 bits per heavy atom. The lowest BCUT2D eigenvalue weighted by atomic mass is 10.1. The van der Waals surface area contributed by atoms with Gasteiger partial charge in [0, 0.05) is 29.3 Å². The molecule has 3 aromatic rings. The molecule has 0 aliphatic rings. The van der Waals surface area contributed by atoms with Gasteiger partial charge in [0.1, 0.15) is 17.4 Å². The third-order valence-corrected chi connectivity index (χ3v) is 5.57. The Labute approximate surface area is 164 Å². The van der Waals surface area contributed by atoms with Gasteiger partial charge >= 0.3 is 12.3 Å². The molecule has 0 bridgehead atoms. The standard InChI is InChI=1S/C16H12F4N4O2S2/c1-24-6-8(4-23-24)14-10(17)2-9(16(18,19)20)3-11(14)27-13-5-22-12(28-13)7-26-15(21)25/h2-6H,7H2,1H3,(H2,21,25). The van der Waals surface area contributed by atoms with Gasteiger partial charge in [0.2, 0.25) is 0 Å². The maximum absolute atomic E-state index is 14.6. The summed E-state index contributed by atoms with van der Waals surface area (Å²) in [6, 6.07) is 1.35. The Morgan fingerprint density at radius 1 is 1.36 bits per heavy atom. The quantitative estimate of drug-likeness (QED) is 0.603. The van der Waals surface area contributed by atoms with Crippen LogP contribution in [-0.4, -0.2) is 20.9 Å². The Hall–Kier alpha value is -2.60. The van der Waals surface area contributed by atoms with Gasteiger partial charge in [0.05, 0.1) is 22.2 Å². The molecule has 6 nitrogen and oxygen atoms in total. The summed E-state index contributed by atoms with van der Waals surface area (Å²) in [5.41, 5.74) is 4.14. The molecule has 0 saturated heterocycles. The zero-order valence-electron chi connectivity index (χ0n) is 14.2.